The summed E-state index contributed by atoms with van der Waals surface area (Å²) in [6.07, 6.45) is 1.09. The molecule has 104 valence electrons. The van der Waals surface area contributed by atoms with Crippen molar-refractivity contribution in [3.63, 3.8) is 0 Å². The van der Waals surface area contributed by atoms with Crippen molar-refractivity contribution in [3.8, 4) is 5.75 Å². The van der Waals surface area contributed by atoms with Gasteiger partial charge in [-0.2, -0.15) is 8.78 Å². The smallest absolute Gasteiger partial charge is 0.387 e. The molecule has 8 heteroatoms. The summed E-state index contributed by atoms with van der Waals surface area (Å²) in [4.78, 5) is 10.7. The van der Waals surface area contributed by atoms with E-state index in [1.165, 1.54) is 0 Å². The van der Waals surface area contributed by atoms with Crippen LogP contribution in [0.15, 0.2) is 17.7 Å². The standard InChI is InChI=1S/C11H9ClF3NO3/c12-7-2-5(1-6(4-16)10(17)18)3-8(13)9(7)19-11(14)15/h1-3,11H,4,16H2,(H,17,18)/b6-1-. The number of hydrogen-bond acceptors (Lipinski definition) is 3. The summed E-state index contributed by atoms with van der Waals surface area (Å²) in [7, 11) is 0. The molecule has 19 heavy (non-hydrogen) atoms. The van der Waals surface area contributed by atoms with Crippen molar-refractivity contribution in [2.75, 3.05) is 6.54 Å². The van der Waals surface area contributed by atoms with E-state index < -0.39 is 29.2 Å². The predicted octanol–water partition coefficient (Wildman–Crippen LogP) is 2.51. The first kappa shape index (κ1) is 15.3. The summed E-state index contributed by atoms with van der Waals surface area (Å²) in [6, 6.07) is 1.92. The maximum absolute atomic E-state index is 13.5. The Kier molecular flexibility index (Phi) is 5.20. The van der Waals surface area contributed by atoms with Gasteiger partial charge in [-0.05, 0) is 23.8 Å². The van der Waals surface area contributed by atoms with Crippen molar-refractivity contribution in [2.24, 2.45) is 5.73 Å². The number of rotatable bonds is 5. The van der Waals surface area contributed by atoms with E-state index in [9.17, 15) is 18.0 Å². The molecule has 0 aliphatic carbocycles. The minimum absolute atomic E-state index is 0.0759. The van der Waals surface area contributed by atoms with Crippen molar-refractivity contribution in [3.05, 3.63) is 34.1 Å². The summed E-state index contributed by atoms with van der Waals surface area (Å²) in [5.74, 6) is -3.19. The number of nitrogens with two attached hydrogens (primary N) is 1. The molecule has 0 radical (unpaired) electrons. The van der Waals surface area contributed by atoms with Crippen LogP contribution in [0.2, 0.25) is 5.02 Å². The SMILES string of the molecule is NC/C(=C/c1cc(F)c(OC(F)F)c(Cl)c1)C(=O)O. The molecule has 1 rings (SSSR count). The first-order valence-electron chi connectivity index (χ1n) is 4.93. The van der Waals surface area contributed by atoms with Crippen LogP contribution in [0.25, 0.3) is 6.08 Å². The Hall–Kier alpha value is -1.73. The number of carboxylic acid groups (broad SMARTS) is 1. The Labute approximate surface area is 111 Å². The molecule has 4 nitrogen and oxygen atoms in total. The zero-order chi connectivity index (χ0) is 14.6. The Bertz CT molecular complexity index is 497. The fraction of sp³-hybridized carbons (Fsp3) is 0.182. The second-order valence-electron chi connectivity index (χ2n) is 3.37. The highest BCUT2D eigenvalue weighted by molar-refractivity contribution is 6.32. The normalized spacial score (nSPS) is 11.8. The Morgan fingerprint density at radius 2 is 2.16 bits per heavy atom. The zero-order valence-electron chi connectivity index (χ0n) is 9.37. The van der Waals surface area contributed by atoms with E-state index in [1.54, 1.807) is 0 Å². The lowest BCUT2D eigenvalue weighted by Gasteiger charge is -2.09. The summed E-state index contributed by atoms with van der Waals surface area (Å²) in [5, 5.41) is 8.35. The molecule has 0 aromatic heterocycles. The number of benzene rings is 1. The topological polar surface area (TPSA) is 72.5 Å². The zero-order valence-corrected chi connectivity index (χ0v) is 10.1. The second-order valence-corrected chi connectivity index (χ2v) is 3.78. The number of aliphatic carboxylic acids is 1. The Morgan fingerprint density at radius 3 is 2.58 bits per heavy atom. The fourth-order valence-corrected chi connectivity index (χ4v) is 1.53. The van der Waals surface area contributed by atoms with E-state index in [0.717, 1.165) is 18.2 Å². The monoisotopic (exact) mass is 295 g/mol. The van der Waals surface area contributed by atoms with Gasteiger partial charge in [0.05, 0.1) is 10.6 Å². The van der Waals surface area contributed by atoms with Gasteiger partial charge in [-0.25, -0.2) is 9.18 Å². The van der Waals surface area contributed by atoms with Gasteiger partial charge in [0.2, 0.25) is 0 Å². The van der Waals surface area contributed by atoms with Crippen molar-refractivity contribution in [1.29, 1.82) is 0 Å². The van der Waals surface area contributed by atoms with Crippen LogP contribution in [0, 0.1) is 5.82 Å². The quantitative estimate of drug-likeness (QED) is 0.819. The summed E-state index contributed by atoms with van der Waals surface area (Å²) >= 11 is 5.58. The molecule has 0 bridgehead atoms. The average molecular weight is 296 g/mol. The van der Waals surface area contributed by atoms with Gasteiger partial charge in [0.1, 0.15) is 0 Å². The molecule has 0 unspecified atom stereocenters. The molecular weight excluding hydrogens is 287 g/mol. The minimum atomic E-state index is -3.22. The van der Waals surface area contributed by atoms with Gasteiger partial charge in [-0.15, -0.1) is 0 Å². The maximum atomic E-state index is 13.5. The number of halogens is 4. The maximum Gasteiger partial charge on any atom is 0.387 e. The van der Waals surface area contributed by atoms with Gasteiger partial charge in [-0.1, -0.05) is 11.6 Å². The van der Waals surface area contributed by atoms with E-state index in [0.29, 0.717) is 0 Å². The van der Waals surface area contributed by atoms with Gasteiger partial charge in [0.25, 0.3) is 0 Å². The van der Waals surface area contributed by atoms with Gasteiger partial charge in [0.15, 0.2) is 11.6 Å². The van der Waals surface area contributed by atoms with Gasteiger partial charge in [-0.3, -0.25) is 0 Å². The first-order chi connectivity index (χ1) is 8.85. The highest BCUT2D eigenvalue weighted by atomic mass is 35.5. The van der Waals surface area contributed by atoms with E-state index in [4.69, 9.17) is 22.4 Å². The molecule has 0 saturated heterocycles. The first-order valence-corrected chi connectivity index (χ1v) is 5.30. The lowest BCUT2D eigenvalue weighted by atomic mass is 10.1. The minimum Gasteiger partial charge on any atom is -0.478 e. The van der Waals surface area contributed by atoms with E-state index in [-0.39, 0.29) is 17.7 Å². The van der Waals surface area contributed by atoms with Gasteiger partial charge in [0, 0.05) is 6.54 Å². The third kappa shape index (κ3) is 4.15. The highest BCUT2D eigenvalue weighted by Gasteiger charge is 2.15. The van der Waals surface area contributed by atoms with Crippen LogP contribution in [-0.2, 0) is 4.79 Å². The molecule has 1 aromatic carbocycles. The average Bonchev–Trinajstić information content (AvgIpc) is 2.30. The highest BCUT2D eigenvalue weighted by Crippen LogP contribution is 2.31. The number of carboxylic acids is 1. The van der Waals surface area contributed by atoms with Crippen molar-refractivity contribution in [1.82, 2.24) is 0 Å². The number of carbonyl (C=O) groups is 1. The molecule has 0 aliphatic heterocycles. The molecule has 0 aliphatic rings. The molecule has 0 atom stereocenters. The number of hydrogen-bond donors (Lipinski definition) is 2. The van der Waals surface area contributed by atoms with Gasteiger partial charge >= 0.3 is 12.6 Å². The van der Waals surface area contributed by atoms with E-state index in [1.807, 2.05) is 0 Å². The lowest BCUT2D eigenvalue weighted by Crippen LogP contribution is -2.11. The van der Waals surface area contributed by atoms with E-state index in [2.05, 4.69) is 4.74 Å². The summed E-state index contributed by atoms with van der Waals surface area (Å²) in [5.41, 5.74) is 5.09. The van der Waals surface area contributed by atoms with Crippen LogP contribution in [0.4, 0.5) is 13.2 Å². The van der Waals surface area contributed by atoms with Crippen LogP contribution >= 0.6 is 11.6 Å². The molecular formula is C11H9ClF3NO3. The summed E-state index contributed by atoms with van der Waals surface area (Å²) < 4.78 is 41.4. The predicted molar refractivity (Wildman–Crippen MR) is 62.7 cm³/mol. The molecule has 0 spiro atoms. The van der Waals surface area contributed by atoms with Crippen molar-refractivity contribution in [2.45, 2.75) is 6.61 Å². The third-order valence-electron chi connectivity index (χ3n) is 2.06. The van der Waals surface area contributed by atoms with Crippen LogP contribution in [0.3, 0.4) is 0 Å². The van der Waals surface area contributed by atoms with Gasteiger partial charge < -0.3 is 15.6 Å². The lowest BCUT2D eigenvalue weighted by molar-refractivity contribution is -0.132. The fourth-order valence-electron chi connectivity index (χ4n) is 1.27. The largest absolute Gasteiger partial charge is 0.478 e. The Balaban J connectivity index is 3.17. The van der Waals surface area contributed by atoms with Crippen LogP contribution in [-0.4, -0.2) is 24.2 Å². The van der Waals surface area contributed by atoms with Crippen LogP contribution in [0.5, 0.6) is 5.75 Å². The second kappa shape index (κ2) is 6.44. The molecule has 0 amide bonds. The Morgan fingerprint density at radius 1 is 1.53 bits per heavy atom. The molecule has 1 aromatic rings. The van der Waals surface area contributed by atoms with Crippen molar-refractivity contribution < 1.29 is 27.8 Å². The molecule has 0 fully saturated rings. The molecule has 0 saturated carbocycles. The van der Waals surface area contributed by atoms with E-state index >= 15 is 0 Å². The van der Waals surface area contributed by atoms with Crippen LogP contribution < -0.4 is 10.5 Å². The van der Waals surface area contributed by atoms with Crippen LogP contribution in [0.1, 0.15) is 5.56 Å². The molecule has 3 N–H and O–H groups in total. The summed E-state index contributed by atoms with van der Waals surface area (Å²) in [6.45, 7) is -3.49. The third-order valence-corrected chi connectivity index (χ3v) is 2.34. The van der Waals surface area contributed by atoms with Crippen molar-refractivity contribution >= 4 is 23.6 Å². The molecule has 0 heterocycles. The number of ether oxygens (including phenoxy) is 1. The number of alkyl halides is 2.